The number of nitrogens with zero attached hydrogens (tertiary/aromatic N) is 1. The average Bonchev–Trinajstić information content (AvgIpc) is 2.44. The Bertz CT molecular complexity index is 454. The van der Waals surface area contributed by atoms with Crippen molar-refractivity contribution in [1.82, 2.24) is 4.90 Å². The van der Waals surface area contributed by atoms with Crippen LogP contribution in [0.2, 0.25) is 10.0 Å². The van der Waals surface area contributed by atoms with Crippen LogP contribution in [-0.4, -0.2) is 30.6 Å². The second-order valence-corrected chi connectivity index (χ2v) is 6.87. The van der Waals surface area contributed by atoms with Crippen LogP contribution < -0.4 is 5.73 Å². The van der Waals surface area contributed by atoms with Crippen LogP contribution in [0.15, 0.2) is 18.2 Å². The summed E-state index contributed by atoms with van der Waals surface area (Å²) in [5.74, 6) is 0. The molecule has 0 aromatic heterocycles. The Morgan fingerprint density at radius 3 is 2.45 bits per heavy atom. The van der Waals surface area contributed by atoms with Gasteiger partial charge in [-0.3, -0.25) is 0 Å². The molecule has 1 aliphatic rings. The van der Waals surface area contributed by atoms with Gasteiger partial charge in [0.05, 0.1) is 10.0 Å². The summed E-state index contributed by atoms with van der Waals surface area (Å²) in [6, 6.07) is 5.87. The highest BCUT2D eigenvalue weighted by molar-refractivity contribution is 6.42. The van der Waals surface area contributed by atoms with E-state index in [2.05, 4.69) is 19.0 Å². The number of halogens is 2. The second kappa shape index (κ2) is 6.65. The zero-order valence-electron chi connectivity index (χ0n) is 12.3. The summed E-state index contributed by atoms with van der Waals surface area (Å²) in [4.78, 5) is 2.31. The predicted octanol–water partition coefficient (Wildman–Crippen LogP) is 4.13. The Kier molecular flexibility index (Phi) is 5.36. The standard InChI is InChI=1S/C16H24Cl2N2/c1-20(2)16(9-4-3-5-10-16)14(19)11-12-7-6-8-13(17)15(12)18/h6-8,14H,3-5,9-11,19H2,1-2H3. The zero-order chi connectivity index (χ0) is 14.8. The molecule has 1 atom stereocenters. The molecule has 2 rings (SSSR count). The van der Waals surface area contributed by atoms with E-state index in [1.54, 1.807) is 0 Å². The molecule has 0 bridgehead atoms. The molecule has 1 aromatic carbocycles. The van der Waals surface area contributed by atoms with Gasteiger partial charge in [0.25, 0.3) is 0 Å². The maximum atomic E-state index is 6.59. The first kappa shape index (κ1) is 16.1. The number of nitrogens with two attached hydrogens (primary N) is 1. The lowest BCUT2D eigenvalue weighted by molar-refractivity contribution is 0.0716. The predicted molar refractivity (Wildman–Crippen MR) is 87.6 cm³/mol. The zero-order valence-corrected chi connectivity index (χ0v) is 13.8. The third-order valence-electron chi connectivity index (χ3n) is 4.77. The van der Waals surface area contributed by atoms with Crippen molar-refractivity contribution in [2.75, 3.05) is 14.1 Å². The molecule has 0 spiro atoms. The molecule has 0 aliphatic heterocycles. The first-order chi connectivity index (χ1) is 9.47. The summed E-state index contributed by atoms with van der Waals surface area (Å²) in [5.41, 5.74) is 7.73. The van der Waals surface area contributed by atoms with Crippen LogP contribution >= 0.6 is 23.2 Å². The molecule has 1 unspecified atom stereocenters. The topological polar surface area (TPSA) is 29.3 Å². The molecule has 2 nitrogen and oxygen atoms in total. The van der Waals surface area contributed by atoms with Gasteiger partial charge < -0.3 is 10.6 Å². The molecule has 0 heterocycles. The molecule has 0 saturated heterocycles. The summed E-state index contributed by atoms with van der Waals surface area (Å²) in [6.45, 7) is 0. The van der Waals surface area contributed by atoms with E-state index < -0.39 is 0 Å². The molecule has 4 heteroatoms. The van der Waals surface area contributed by atoms with E-state index in [1.807, 2.05) is 18.2 Å². The molecule has 1 aliphatic carbocycles. The Labute approximate surface area is 132 Å². The van der Waals surface area contributed by atoms with Crippen molar-refractivity contribution >= 4 is 23.2 Å². The van der Waals surface area contributed by atoms with E-state index >= 15 is 0 Å². The highest BCUT2D eigenvalue weighted by Gasteiger charge is 2.39. The van der Waals surface area contributed by atoms with Crippen LogP contribution in [0.4, 0.5) is 0 Å². The monoisotopic (exact) mass is 314 g/mol. The van der Waals surface area contributed by atoms with Gasteiger partial charge in [0.2, 0.25) is 0 Å². The largest absolute Gasteiger partial charge is 0.326 e. The van der Waals surface area contributed by atoms with Gasteiger partial charge in [0.1, 0.15) is 0 Å². The van der Waals surface area contributed by atoms with Gasteiger partial charge in [0.15, 0.2) is 0 Å². The summed E-state index contributed by atoms with van der Waals surface area (Å²) in [7, 11) is 4.29. The third kappa shape index (κ3) is 3.14. The minimum atomic E-state index is 0.0776. The minimum Gasteiger partial charge on any atom is -0.326 e. The Morgan fingerprint density at radius 2 is 1.85 bits per heavy atom. The molecule has 1 aromatic rings. The smallest absolute Gasteiger partial charge is 0.0624 e. The Hall–Kier alpha value is -0.280. The first-order valence-electron chi connectivity index (χ1n) is 7.33. The number of likely N-dealkylation sites (N-methyl/N-ethyl adjacent to an activating group) is 1. The fourth-order valence-electron chi connectivity index (χ4n) is 3.45. The number of hydrogen-bond acceptors (Lipinski definition) is 2. The molecular formula is C16H24Cl2N2. The van der Waals surface area contributed by atoms with Gasteiger partial charge in [-0.2, -0.15) is 0 Å². The lowest BCUT2D eigenvalue weighted by Gasteiger charge is -2.47. The van der Waals surface area contributed by atoms with Crippen molar-refractivity contribution in [3.05, 3.63) is 33.8 Å². The van der Waals surface area contributed by atoms with Crippen molar-refractivity contribution in [1.29, 1.82) is 0 Å². The van der Waals surface area contributed by atoms with Crippen LogP contribution in [-0.2, 0) is 6.42 Å². The van der Waals surface area contributed by atoms with Crippen LogP contribution in [0, 0.1) is 0 Å². The Morgan fingerprint density at radius 1 is 1.20 bits per heavy atom. The van der Waals surface area contributed by atoms with Crippen LogP contribution in [0.1, 0.15) is 37.7 Å². The lowest BCUT2D eigenvalue weighted by atomic mass is 9.74. The van der Waals surface area contributed by atoms with Crippen molar-refractivity contribution in [3.8, 4) is 0 Å². The number of benzene rings is 1. The second-order valence-electron chi connectivity index (χ2n) is 6.08. The molecule has 1 fully saturated rings. The molecular weight excluding hydrogens is 291 g/mol. The van der Waals surface area contributed by atoms with Crippen molar-refractivity contribution < 1.29 is 0 Å². The van der Waals surface area contributed by atoms with E-state index in [0.29, 0.717) is 10.0 Å². The van der Waals surface area contributed by atoms with Gasteiger partial charge in [-0.1, -0.05) is 54.6 Å². The number of hydrogen-bond donors (Lipinski definition) is 1. The molecule has 1 saturated carbocycles. The van der Waals surface area contributed by atoms with Crippen molar-refractivity contribution in [2.24, 2.45) is 5.73 Å². The maximum Gasteiger partial charge on any atom is 0.0624 e. The van der Waals surface area contributed by atoms with E-state index in [9.17, 15) is 0 Å². The van der Waals surface area contributed by atoms with E-state index in [4.69, 9.17) is 28.9 Å². The summed E-state index contributed by atoms with van der Waals surface area (Å²) < 4.78 is 0. The first-order valence-corrected chi connectivity index (χ1v) is 8.09. The lowest BCUT2D eigenvalue weighted by Crippen LogP contribution is -2.59. The molecule has 112 valence electrons. The summed E-state index contributed by atoms with van der Waals surface area (Å²) >= 11 is 12.4. The van der Waals surface area contributed by atoms with Gasteiger partial charge in [0, 0.05) is 11.6 Å². The third-order valence-corrected chi connectivity index (χ3v) is 5.63. The fourth-order valence-corrected chi connectivity index (χ4v) is 3.84. The van der Waals surface area contributed by atoms with Crippen LogP contribution in [0.3, 0.4) is 0 Å². The van der Waals surface area contributed by atoms with Crippen LogP contribution in [0.25, 0.3) is 0 Å². The van der Waals surface area contributed by atoms with E-state index in [-0.39, 0.29) is 11.6 Å². The molecule has 0 radical (unpaired) electrons. The van der Waals surface area contributed by atoms with E-state index in [0.717, 1.165) is 12.0 Å². The quantitative estimate of drug-likeness (QED) is 0.905. The molecule has 20 heavy (non-hydrogen) atoms. The minimum absolute atomic E-state index is 0.0776. The highest BCUT2D eigenvalue weighted by Crippen LogP contribution is 2.36. The van der Waals surface area contributed by atoms with Gasteiger partial charge >= 0.3 is 0 Å². The molecule has 2 N–H and O–H groups in total. The highest BCUT2D eigenvalue weighted by atomic mass is 35.5. The van der Waals surface area contributed by atoms with Gasteiger partial charge in [-0.05, 0) is 45.0 Å². The van der Waals surface area contributed by atoms with Crippen molar-refractivity contribution in [2.45, 2.75) is 50.1 Å². The van der Waals surface area contributed by atoms with E-state index in [1.165, 1.54) is 32.1 Å². The maximum absolute atomic E-state index is 6.59. The average molecular weight is 315 g/mol. The summed E-state index contributed by atoms with van der Waals surface area (Å²) in [5, 5.41) is 1.26. The molecule has 0 amide bonds. The van der Waals surface area contributed by atoms with Crippen LogP contribution in [0.5, 0.6) is 0 Å². The summed E-state index contributed by atoms with van der Waals surface area (Å²) in [6.07, 6.45) is 6.95. The number of rotatable bonds is 4. The normalized spacial score (nSPS) is 20.1. The van der Waals surface area contributed by atoms with Gasteiger partial charge in [-0.15, -0.1) is 0 Å². The van der Waals surface area contributed by atoms with Crippen molar-refractivity contribution in [3.63, 3.8) is 0 Å². The van der Waals surface area contributed by atoms with Gasteiger partial charge in [-0.25, -0.2) is 0 Å². The Balaban J connectivity index is 2.20. The fraction of sp³-hybridized carbons (Fsp3) is 0.625. The SMILES string of the molecule is CN(C)C1(C(N)Cc2cccc(Cl)c2Cl)CCCCC1.